The van der Waals surface area contributed by atoms with E-state index in [1.807, 2.05) is 35.7 Å². The molecule has 1 atom stereocenters. The monoisotopic (exact) mass is 470 g/mol. The number of rotatable bonds is 3. The van der Waals surface area contributed by atoms with Crippen LogP contribution in [0, 0.1) is 6.57 Å². The van der Waals surface area contributed by atoms with E-state index in [-0.39, 0.29) is 23.4 Å². The number of methoxy groups -OCH3 is 1. The molecule has 0 aliphatic carbocycles. The lowest BCUT2D eigenvalue weighted by atomic mass is 9.86. The van der Waals surface area contributed by atoms with E-state index < -0.39 is 5.92 Å². The third-order valence-electron chi connectivity index (χ3n) is 4.59. The van der Waals surface area contributed by atoms with E-state index in [0.29, 0.717) is 17.0 Å². The summed E-state index contributed by atoms with van der Waals surface area (Å²) < 4.78 is 13.0. The second-order valence-electron chi connectivity index (χ2n) is 6.27. The Balaban J connectivity index is 2.03. The third kappa shape index (κ3) is 3.10. The van der Waals surface area contributed by atoms with E-state index in [9.17, 15) is 4.79 Å². The van der Waals surface area contributed by atoms with Gasteiger partial charge in [0.15, 0.2) is 5.88 Å². The number of nitrogens with zero attached hydrogens (tertiary/aromatic N) is 3. The van der Waals surface area contributed by atoms with Gasteiger partial charge in [0.1, 0.15) is 5.75 Å². The number of carbonyl (C=O) groups is 1. The molecule has 0 spiro atoms. The highest BCUT2D eigenvalue weighted by Gasteiger charge is 2.38. The van der Waals surface area contributed by atoms with Gasteiger partial charge >= 0.3 is 0 Å². The fourth-order valence-electron chi connectivity index (χ4n) is 3.37. The Morgan fingerprint density at radius 1 is 1.45 bits per heavy atom. The number of allylic oxidation sites excluding steroid dienone is 1. The van der Waals surface area contributed by atoms with Crippen molar-refractivity contribution in [1.29, 1.82) is 0 Å². The minimum absolute atomic E-state index is 0.0182. The molecule has 2 N–H and O–H groups in total. The molecule has 0 fully saturated rings. The smallest absolute Gasteiger partial charge is 0.244 e. The molecular weight excluding hydrogens is 456 g/mol. The summed E-state index contributed by atoms with van der Waals surface area (Å²) in [5.41, 5.74) is 8.35. The first-order chi connectivity index (χ1) is 14.0. The van der Waals surface area contributed by atoms with Crippen LogP contribution in [0.1, 0.15) is 28.8 Å². The Morgan fingerprint density at radius 2 is 2.24 bits per heavy atom. The molecule has 9 heteroatoms. The molecule has 146 valence electrons. The largest absolute Gasteiger partial charge is 0.496 e. The zero-order valence-electron chi connectivity index (χ0n) is 15.5. The normalized spacial score (nSPS) is 15.4. The molecule has 0 saturated carbocycles. The second-order valence-corrected chi connectivity index (χ2v) is 8.07. The molecule has 0 amide bonds. The lowest BCUT2D eigenvalue weighted by molar-refractivity contribution is 0.0921. The summed E-state index contributed by atoms with van der Waals surface area (Å²) in [5.74, 6) is 0.0775. The topological polar surface area (TPSA) is 83.7 Å². The van der Waals surface area contributed by atoms with Gasteiger partial charge in [-0.2, -0.15) is 4.68 Å². The number of halogens is 1. The Hall–Kier alpha value is -3.09. The fraction of sp³-hybridized carbons (Fsp3) is 0.150. The standard InChI is InChI=1S/C20H15BrN4O3S/c1-10(26)25-18(14-5-4-8-29-14)16-15(11-6-7-13(27-3)12(21)9-11)17(23-2)19(22)28-20(16)24-25/h4-9,15H,22H2,1,3H3. The Kier molecular flexibility index (Phi) is 4.90. The van der Waals surface area contributed by atoms with Crippen LogP contribution < -0.4 is 15.2 Å². The lowest BCUT2D eigenvalue weighted by Gasteiger charge is -2.24. The van der Waals surface area contributed by atoms with Crippen LogP contribution in [0.4, 0.5) is 0 Å². The molecule has 0 radical (unpaired) electrons. The van der Waals surface area contributed by atoms with Crippen molar-refractivity contribution in [2.24, 2.45) is 5.73 Å². The van der Waals surface area contributed by atoms with E-state index in [1.54, 1.807) is 7.11 Å². The average molecular weight is 471 g/mol. The van der Waals surface area contributed by atoms with Gasteiger partial charge in [0, 0.05) is 12.5 Å². The number of hydrogen-bond donors (Lipinski definition) is 1. The first kappa shape index (κ1) is 19.2. The number of fused-ring (bicyclic) bond motifs is 1. The number of thiophene rings is 1. The highest BCUT2D eigenvalue weighted by atomic mass is 79.9. The molecule has 1 unspecified atom stereocenters. The third-order valence-corrected chi connectivity index (χ3v) is 6.09. The van der Waals surface area contributed by atoms with Crippen LogP contribution in [0.25, 0.3) is 15.4 Å². The fourth-order valence-corrected chi connectivity index (χ4v) is 4.69. The van der Waals surface area contributed by atoms with Gasteiger partial charge in [-0.3, -0.25) is 4.79 Å². The molecule has 1 aliphatic heterocycles. The highest BCUT2D eigenvalue weighted by Crippen LogP contribution is 2.48. The molecule has 29 heavy (non-hydrogen) atoms. The summed E-state index contributed by atoms with van der Waals surface area (Å²) in [6.07, 6.45) is 0. The van der Waals surface area contributed by atoms with Crippen molar-refractivity contribution >= 4 is 33.2 Å². The van der Waals surface area contributed by atoms with E-state index >= 15 is 0 Å². The molecule has 4 rings (SSSR count). The van der Waals surface area contributed by atoms with Crippen LogP contribution in [0.15, 0.2) is 51.8 Å². The van der Waals surface area contributed by atoms with Crippen molar-refractivity contribution < 1.29 is 14.3 Å². The minimum Gasteiger partial charge on any atom is -0.496 e. The summed E-state index contributed by atoms with van der Waals surface area (Å²) >= 11 is 4.98. The van der Waals surface area contributed by atoms with Gasteiger partial charge in [-0.25, -0.2) is 4.85 Å². The summed E-state index contributed by atoms with van der Waals surface area (Å²) in [6.45, 7) is 9.13. The maximum absolute atomic E-state index is 12.3. The highest BCUT2D eigenvalue weighted by molar-refractivity contribution is 9.10. The lowest BCUT2D eigenvalue weighted by Crippen LogP contribution is -2.20. The molecule has 1 aromatic carbocycles. The molecule has 0 bridgehead atoms. The van der Waals surface area contributed by atoms with Crippen molar-refractivity contribution in [2.45, 2.75) is 12.8 Å². The van der Waals surface area contributed by atoms with Crippen molar-refractivity contribution in [1.82, 2.24) is 9.78 Å². The van der Waals surface area contributed by atoms with Crippen molar-refractivity contribution in [3.8, 4) is 22.2 Å². The number of carbonyl (C=O) groups excluding carboxylic acids is 1. The summed E-state index contributed by atoms with van der Waals surface area (Å²) in [7, 11) is 1.58. The van der Waals surface area contributed by atoms with Gasteiger partial charge < -0.3 is 15.2 Å². The molecule has 3 heterocycles. The van der Waals surface area contributed by atoms with Crippen LogP contribution in [0.3, 0.4) is 0 Å². The first-order valence-corrected chi connectivity index (χ1v) is 10.2. The second kappa shape index (κ2) is 7.39. The first-order valence-electron chi connectivity index (χ1n) is 8.52. The zero-order chi connectivity index (χ0) is 20.7. The predicted molar refractivity (Wildman–Crippen MR) is 113 cm³/mol. The maximum Gasteiger partial charge on any atom is 0.244 e. The van der Waals surface area contributed by atoms with Crippen LogP contribution in [0.5, 0.6) is 11.6 Å². The Morgan fingerprint density at radius 3 is 2.83 bits per heavy atom. The zero-order valence-corrected chi connectivity index (χ0v) is 17.9. The number of hydrogen-bond acceptors (Lipinski definition) is 6. The van der Waals surface area contributed by atoms with Crippen LogP contribution in [0.2, 0.25) is 0 Å². The van der Waals surface area contributed by atoms with Gasteiger partial charge in [0.05, 0.1) is 34.6 Å². The van der Waals surface area contributed by atoms with Crippen LogP contribution in [-0.4, -0.2) is 22.8 Å². The number of benzene rings is 1. The minimum atomic E-state index is -0.538. The van der Waals surface area contributed by atoms with Crippen molar-refractivity contribution in [3.63, 3.8) is 0 Å². The average Bonchev–Trinajstić information content (AvgIpc) is 3.34. The molecule has 0 saturated heterocycles. The number of nitrogens with two attached hydrogens (primary N) is 1. The maximum atomic E-state index is 12.3. The van der Waals surface area contributed by atoms with Gasteiger partial charge in [0.25, 0.3) is 0 Å². The van der Waals surface area contributed by atoms with Gasteiger partial charge in [-0.05, 0) is 45.1 Å². The SMILES string of the molecule is [C-]#[N+]C1=C(N)Oc2nn(C(C)=O)c(-c3cccs3)c2C1c1ccc(OC)c(Br)c1. The van der Waals surface area contributed by atoms with Crippen molar-refractivity contribution in [3.05, 3.63) is 74.3 Å². The molecule has 3 aromatic rings. The molecule has 1 aliphatic rings. The molecule has 7 nitrogen and oxygen atoms in total. The van der Waals surface area contributed by atoms with Gasteiger partial charge in [0.2, 0.25) is 17.5 Å². The van der Waals surface area contributed by atoms with Crippen LogP contribution >= 0.6 is 27.3 Å². The van der Waals surface area contributed by atoms with Gasteiger partial charge in [-0.15, -0.1) is 16.4 Å². The number of ether oxygens (including phenoxy) is 2. The predicted octanol–water partition coefficient (Wildman–Crippen LogP) is 4.61. The summed E-state index contributed by atoms with van der Waals surface area (Å²) in [6, 6.07) is 9.35. The van der Waals surface area contributed by atoms with E-state index in [4.69, 9.17) is 21.8 Å². The summed E-state index contributed by atoms with van der Waals surface area (Å²) in [4.78, 5) is 16.8. The van der Waals surface area contributed by atoms with E-state index in [1.165, 1.54) is 22.9 Å². The van der Waals surface area contributed by atoms with Crippen LogP contribution in [-0.2, 0) is 0 Å². The van der Waals surface area contributed by atoms with E-state index in [0.717, 1.165) is 14.9 Å². The van der Waals surface area contributed by atoms with E-state index in [2.05, 4.69) is 25.9 Å². The van der Waals surface area contributed by atoms with Gasteiger partial charge in [-0.1, -0.05) is 12.1 Å². The number of aromatic nitrogens is 2. The molecule has 2 aromatic heterocycles. The molecular formula is C20H15BrN4O3S. The summed E-state index contributed by atoms with van der Waals surface area (Å²) in [5, 5.41) is 6.27. The quantitative estimate of drug-likeness (QED) is 0.564. The Bertz CT molecular complexity index is 1190. The Labute approximate surface area is 179 Å². The van der Waals surface area contributed by atoms with Crippen molar-refractivity contribution in [2.75, 3.05) is 7.11 Å².